The van der Waals surface area contributed by atoms with Gasteiger partial charge >= 0.3 is 0 Å². The van der Waals surface area contributed by atoms with Crippen molar-refractivity contribution in [1.82, 2.24) is 14.8 Å². The van der Waals surface area contributed by atoms with Crippen LogP contribution < -0.4 is 5.32 Å². The van der Waals surface area contributed by atoms with E-state index >= 15 is 0 Å². The van der Waals surface area contributed by atoms with Gasteiger partial charge in [-0.25, -0.2) is 4.98 Å². The van der Waals surface area contributed by atoms with Crippen LogP contribution in [0.4, 0.5) is 5.13 Å². The molecule has 10 heteroatoms. The van der Waals surface area contributed by atoms with Gasteiger partial charge < -0.3 is 15.0 Å². The van der Waals surface area contributed by atoms with Crippen LogP contribution in [0.3, 0.4) is 0 Å². The van der Waals surface area contributed by atoms with Crippen molar-refractivity contribution in [1.29, 1.82) is 0 Å². The lowest BCUT2D eigenvalue weighted by Gasteiger charge is -2.30. The molecule has 0 unspecified atom stereocenters. The fourth-order valence-corrected chi connectivity index (χ4v) is 4.17. The lowest BCUT2D eigenvalue weighted by Crippen LogP contribution is -2.45. The second-order valence-electron chi connectivity index (χ2n) is 6.68. The number of aromatic nitrogens is 1. The highest BCUT2D eigenvalue weighted by molar-refractivity contribution is 7.13. The van der Waals surface area contributed by atoms with Gasteiger partial charge in [0.2, 0.25) is 5.91 Å². The lowest BCUT2D eigenvalue weighted by atomic mass is 10.2. The predicted molar refractivity (Wildman–Crippen MR) is 115 cm³/mol. The van der Waals surface area contributed by atoms with Gasteiger partial charge in [0.1, 0.15) is 6.54 Å². The molecule has 1 aliphatic rings. The average molecular weight is 457 g/mol. The summed E-state index contributed by atoms with van der Waals surface area (Å²) >= 11 is 13.4. The number of rotatable bonds is 7. The number of halogens is 2. The first-order valence-electron chi connectivity index (χ1n) is 9.18. The largest absolute Gasteiger partial charge is 0.379 e. The number of amides is 2. The quantitative estimate of drug-likeness (QED) is 0.692. The van der Waals surface area contributed by atoms with Crippen LogP contribution in [-0.4, -0.2) is 72.5 Å². The lowest BCUT2D eigenvalue weighted by molar-refractivity contribution is -0.117. The number of nitrogens with zero attached hydrogens (tertiary/aromatic N) is 3. The summed E-state index contributed by atoms with van der Waals surface area (Å²) in [7, 11) is 0. The van der Waals surface area contributed by atoms with Gasteiger partial charge in [-0.3, -0.25) is 14.5 Å². The first-order valence-corrected chi connectivity index (χ1v) is 10.8. The molecule has 2 aromatic rings. The zero-order valence-electron chi connectivity index (χ0n) is 16.0. The van der Waals surface area contributed by atoms with Gasteiger partial charge in [-0.1, -0.05) is 23.2 Å². The van der Waals surface area contributed by atoms with E-state index in [1.165, 1.54) is 16.2 Å². The van der Waals surface area contributed by atoms with E-state index in [1.54, 1.807) is 18.2 Å². The standard InChI is InChI=1S/C19H22Cl2N4O3S/c1-13-12-29-19(22-13)23-17(26)11-25(3-2-24-4-6-28-7-5-24)18(27)14-8-15(20)10-16(21)9-14/h8-10,12H,2-7,11H2,1H3,(H,22,23,26). The van der Waals surface area contributed by atoms with Crippen molar-refractivity contribution in [3.8, 4) is 0 Å². The Kier molecular flexibility index (Phi) is 7.85. The summed E-state index contributed by atoms with van der Waals surface area (Å²) in [5, 5.41) is 5.86. The van der Waals surface area contributed by atoms with E-state index in [0.29, 0.717) is 47.0 Å². The smallest absolute Gasteiger partial charge is 0.254 e. The van der Waals surface area contributed by atoms with Crippen LogP contribution in [0, 0.1) is 6.92 Å². The van der Waals surface area contributed by atoms with Gasteiger partial charge in [0.15, 0.2) is 5.13 Å². The normalized spacial score (nSPS) is 14.6. The zero-order valence-corrected chi connectivity index (χ0v) is 18.3. The Morgan fingerprint density at radius 1 is 1.24 bits per heavy atom. The Balaban J connectivity index is 1.70. The maximum atomic E-state index is 13.1. The number of hydrogen-bond acceptors (Lipinski definition) is 6. The number of benzene rings is 1. The van der Waals surface area contributed by atoms with Gasteiger partial charge in [0.25, 0.3) is 5.91 Å². The number of ether oxygens (including phenoxy) is 1. The summed E-state index contributed by atoms with van der Waals surface area (Å²) in [5.74, 6) is -0.601. The van der Waals surface area contributed by atoms with E-state index in [2.05, 4.69) is 15.2 Å². The molecule has 1 N–H and O–H groups in total. The van der Waals surface area contributed by atoms with Crippen LogP contribution in [0.5, 0.6) is 0 Å². The summed E-state index contributed by atoms with van der Waals surface area (Å²) in [6, 6.07) is 4.68. The highest BCUT2D eigenvalue weighted by Gasteiger charge is 2.22. The number of carbonyl (C=O) groups excluding carboxylic acids is 2. The van der Waals surface area contributed by atoms with Crippen LogP contribution in [-0.2, 0) is 9.53 Å². The first-order chi connectivity index (χ1) is 13.9. The van der Waals surface area contributed by atoms with E-state index in [-0.39, 0.29) is 18.4 Å². The van der Waals surface area contributed by atoms with Crippen molar-refractivity contribution < 1.29 is 14.3 Å². The molecule has 7 nitrogen and oxygen atoms in total. The molecule has 0 spiro atoms. The summed E-state index contributed by atoms with van der Waals surface area (Å²) < 4.78 is 5.36. The monoisotopic (exact) mass is 456 g/mol. The van der Waals surface area contributed by atoms with Gasteiger partial charge in [0.05, 0.1) is 18.9 Å². The summed E-state index contributed by atoms with van der Waals surface area (Å²) in [6.07, 6.45) is 0. The topological polar surface area (TPSA) is 74.8 Å². The van der Waals surface area contributed by atoms with Crippen molar-refractivity contribution in [2.75, 3.05) is 51.3 Å². The molecule has 1 aliphatic heterocycles. The molecular weight excluding hydrogens is 435 g/mol. The van der Waals surface area contributed by atoms with Crippen LogP contribution in [0.2, 0.25) is 10.0 Å². The van der Waals surface area contributed by atoms with E-state index in [1.807, 2.05) is 12.3 Å². The summed E-state index contributed by atoms with van der Waals surface area (Å²) in [4.78, 5) is 33.6. The molecule has 0 saturated carbocycles. The summed E-state index contributed by atoms with van der Waals surface area (Å²) in [5.41, 5.74) is 1.18. The molecule has 0 bridgehead atoms. The Hall–Kier alpha value is -1.71. The fourth-order valence-electron chi connectivity index (χ4n) is 2.94. The fraction of sp³-hybridized carbons (Fsp3) is 0.421. The minimum absolute atomic E-state index is 0.0913. The number of nitrogens with one attached hydrogen (secondary N) is 1. The van der Waals surface area contributed by atoms with Gasteiger partial charge in [-0.05, 0) is 25.1 Å². The molecule has 2 amide bonds. The molecule has 29 heavy (non-hydrogen) atoms. The van der Waals surface area contributed by atoms with Crippen LogP contribution >= 0.6 is 34.5 Å². The number of anilines is 1. The molecule has 1 aromatic carbocycles. The van der Waals surface area contributed by atoms with Crippen LogP contribution in [0.25, 0.3) is 0 Å². The average Bonchev–Trinajstić information content (AvgIpc) is 3.09. The molecule has 3 rings (SSSR count). The third-order valence-corrected chi connectivity index (χ3v) is 5.70. The van der Waals surface area contributed by atoms with E-state index < -0.39 is 0 Å². The SMILES string of the molecule is Cc1csc(NC(=O)CN(CCN2CCOCC2)C(=O)c2cc(Cl)cc(Cl)c2)n1. The molecule has 0 atom stereocenters. The van der Waals surface area contributed by atoms with E-state index in [0.717, 1.165) is 18.8 Å². The Morgan fingerprint density at radius 2 is 1.93 bits per heavy atom. The summed E-state index contributed by atoms with van der Waals surface area (Å²) in [6.45, 7) is 5.74. The molecule has 0 aliphatic carbocycles. The third-order valence-electron chi connectivity index (χ3n) is 4.39. The van der Waals surface area contributed by atoms with Gasteiger partial charge in [-0.2, -0.15) is 0 Å². The molecule has 2 heterocycles. The minimum atomic E-state index is -0.303. The number of hydrogen-bond donors (Lipinski definition) is 1. The van der Waals surface area contributed by atoms with Crippen molar-refractivity contribution in [2.24, 2.45) is 0 Å². The number of aryl methyl sites for hydroxylation is 1. The van der Waals surface area contributed by atoms with Crippen molar-refractivity contribution in [3.05, 3.63) is 44.9 Å². The van der Waals surface area contributed by atoms with Crippen LogP contribution in [0.15, 0.2) is 23.6 Å². The zero-order chi connectivity index (χ0) is 20.8. The molecule has 1 saturated heterocycles. The number of carbonyl (C=O) groups is 2. The number of thiazole rings is 1. The van der Waals surface area contributed by atoms with E-state index in [9.17, 15) is 9.59 Å². The third kappa shape index (κ3) is 6.65. The molecule has 156 valence electrons. The molecule has 1 fully saturated rings. The second-order valence-corrected chi connectivity index (χ2v) is 8.41. The molecular formula is C19H22Cl2N4O3S. The second kappa shape index (κ2) is 10.4. The van der Waals surface area contributed by atoms with Crippen molar-refractivity contribution >= 4 is 51.5 Å². The predicted octanol–water partition coefficient (Wildman–Crippen LogP) is 3.17. The Morgan fingerprint density at radius 3 is 2.55 bits per heavy atom. The number of morpholine rings is 1. The highest BCUT2D eigenvalue weighted by Crippen LogP contribution is 2.20. The Labute approximate surface area is 183 Å². The van der Waals surface area contributed by atoms with Gasteiger partial charge in [-0.15, -0.1) is 11.3 Å². The van der Waals surface area contributed by atoms with Crippen molar-refractivity contribution in [3.63, 3.8) is 0 Å². The maximum Gasteiger partial charge on any atom is 0.254 e. The van der Waals surface area contributed by atoms with Crippen LogP contribution in [0.1, 0.15) is 16.1 Å². The Bertz CT molecular complexity index is 851. The van der Waals surface area contributed by atoms with E-state index in [4.69, 9.17) is 27.9 Å². The first kappa shape index (κ1) is 22.0. The van der Waals surface area contributed by atoms with Gasteiger partial charge in [0, 0.05) is 47.2 Å². The molecule has 0 radical (unpaired) electrons. The van der Waals surface area contributed by atoms with Crippen molar-refractivity contribution in [2.45, 2.75) is 6.92 Å². The highest BCUT2D eigenvalue weighted by atomic mass is 35.5. The molecule has 1 aromatic heterocycles. The maximum absolute atomic E-state index is 13.1. The minimum Gasteiger partial charge on any atom is -0.379 e.